The van der Waals surface area contributed by atoms with Gasteiger partial charge in [0.2, 0.25) is 11.8 Å². The maximum Gasteiger partial charge on any atom is 0.227 e. The molecule has 0 spiro atoms. The number of carbonyl (C=O) groups is 2. The molecule has 0 radical (unpaired) electrons. The molecular formula is C22H25FN2O2. The van der Waals surface area contributed by atoms with Crippen molar-refractivity contribution in [3.05, 3.63) is 70.5 Å². The molecule has 0 unspecified atom stereocenters. The summed E-state index contributed by atoms with van der Waals surface area (Å²) in [7, 11) is 0. The summed E-state index contributed by atoms with van der Waals surface area (Å²) in [6, 6.07) is 12.5. The van der Waals surface area contributed by atoms with E-state index in [1.807, 2.05) is 30.9 Å². The summed E-state index contributed by atoms with van der Waals surface area (Å²) in [6.45, 7) is 6.09. The fraction of sp³-hybridized carbons (Fsp3) is 0.364. The van der Waals surface area contributed by atoms with Gasteiger partial charge in [-0.1, -0.05) is 42.0 Å². The van der Waals surface area contributed by atoms with E-state index < -0.39 is 0 Å². The fourth-order valence-electron chi connectivity index (χ4n) is 3.44. The Hall–Kier alpha value is -2.69. The molecule has 1 fully saturated rings. The van der Waals surface area contributed by atoms with Crippen molar-refractivity contribution in [2.75, 3.05) is 26.2 Å². The molecule has 4 nitrogen and oxygen atoms in total. The number of hydrogen-bond acceptors (Lipinski definition) is 2. The summed E-state index contributed by atoms with van der Waals surface area (Å²) < 4.78 is 13.7. The van der Waals surface area contributed by atoms with E-state index in [-0.39, 0.29) is 24.1 Å². The van der Waals surface area contributed by atoms with Gasteiger partial charge in [0.1, 0.15) is 5.82 Å². The van der Waals surface area contributed by atoms with Gasteiger partial charge in [0.15, 0.2) is 0 Å². The van der Waals surface area contributed by atoms with E-state index >= 15 is 0 Å². The predicted molar refractivity (Wildman–Crippen MR) is 103 cm³/mol. The second kappa shape index (κ2) is 8.33. The number of aryl methyl sites for hydroxylation is 2. The number of nitrogens with zero attached hydrogens (tertiary/aromatic N) is 2. The summed E-state index contributed by atoms with van der Waals surface area (Å²) in [4.78, 5) is 28.5. The lowest BCUT2D eigenvalue weighted by atomic mass is 10.0. The molecular weight excluding hydrogens is 343 g/mol. The van der Waals surface area contributed by atoms with Gasteiger partial charge in [-0.2, -0.15) is 0 Å². The summed E-state index contributed by atoms with van der Waals surface area (Å²) in [6.07, 6.45) is 0.443. The summed E-state index contributed by atoms with van der Waals surface area (Å²) in [5.74, 6) is -0.363. The lowest BCUT2D eigenvalue weighted by Gasteiger charge is -2.35. The molecule has 5 heteroatoms. The lowest BCUT2D eigenvalue weighted by molar-refractivity contribution is -0.138. The molecule has 0 atom stereocenters. The minimum absolute atomic E-state index is 0.0587. The number of rotatable bonds is 4. The van der Waals surface area contributed by atoms with Crippen molar-refractivity contribution in [1.82, 2.24) is 9.80 Å². The van der Waals surface area contributed by atoms with Gasteiger partial charge < -0.3 is 9.80 Å². The zero-order valence-corrected chi connectivity index (χ0v) is 15.9. The highest BCUT2D eigenvalue weighted by atomic mass is 19.1. The van der Waals surface area contributed by atoms with Gasteiger partial charge in [-0.3, -0.25) is 9.59 Å². The Kier molecular flexibility index (Phi) is 5.89. The topological polar surface area (TPSA) is 40.6 Å². The van der Waals surface area contributed by atoms with Crippen molar-refractivity contribution in [3.63, 3.8) is 0 Å². The summed E-state index contributed by atoms with van der Waals surface area (Å²) >= 11 is 0. The molecule has 0 N–H and O–H groups in total. The van der Waals surface area contributed by atoms with Crippen molar-refractivity contribution >= 4 is 11.8 Å². The third-order valence-electron chi connectivity index (χ3n) is 5.12. The molecule has 2 amide bonds. The standard InChI is InChI=1S/C22H25FN2O2/c1-16-7-8-18(17(2)13-16)14-21(26)24-9-11-25(12-10-24)22(27)15-19-5-3-4-6-20(19)23/h3-8,13H,9-12,14-15H2,1-2H3. The summed E-state index contributed by atoms with van der Waals surface area (Å²) in [5.41, 5.74) is 3.77. The minimum Gasteiger partial charge on any atom is -0.339 e. The van der Waals surface area contributed by atoms with Crippen LogP contribution < -0.4 is 0 Å². The fourth-order valence-corrected chi connectivity index (χ4v) is 3.44. The molecule has 0 bridgehead atoms. The zero-order chi connectivity index (χ0) is 19.4. The van der Waals surface area contributed by atoms with Gasteiger partial charge in [-0.15, -0.1) is 0 Å². The number of piperazine rings is 1. The third-order valence-corrected chi connectivity index (χ3v) is 5.12. The molecule has 1 aliphatic heterocycles. The number of carbonyl (C=O) groups excluding carboxylic acids is 2. The highest BCUT2D eigenvalue weighted by Gasteiger charge is 2.24. The highest BCUT2D eigenvalue weighted by Crippen LogP contribution is 2.14. The molecule has 2 aromatic rings. The van der Waals surface area contributed by atoms with Crippen LogP contribution in [0.25, 0.3) is 0 Å². The Balaban J connectivity index is 1.53. The molecule has 1 saturated heterocycles. The molecule has 0 saturated carbocycles. The molecule has 3 rings (SSSR count). The first-order valence-corrected chi connectivity index (χ1v) is 9.29. The number of halogens is 1. The van der Waals surface area contributed by atoms with E-state index in [4.69, 9.17) is 0 Å². The second-order valence-electron chi connectivity index (χ2n) is 7.14. The van der Waals surface area contributed by atoms with Crippen molar-refractivity contribution < 1.29 is 14.0 Å². The van der Waals surface area contributed by atoms with Crippen LogP contribution in [0.5, 0.6) is 0 Å². The predicted octanol–water partition coefficient (Wildman–Crippen LogP) is 2.90. The number of benzene rings is 2. The maximum atomic E-state index is 13.7. The van der Waals surface area contributed by atoms with E-state index in [1.165, 1.54) is 11.6 Å². The molecule has 1 heterocycles. The molecule has 142 valence electrons. The number of amides is 2. The Morgan fingerprint density at radius 2 is 1.41 bits per heavy atom. The van der Waals surface area contributed by atoms with Gasteiger partial charge in [0.05, 0.1) is 12.8 Å². The maximum absolute atomic E-state index is 13.7. The van der Waals surface area contributed by atoms with E-state index in [2.05, 4.69) is 6.07 Å². The van der Waals surface area contributed by atoms with Crippen LogP contribution in [0.4, 0.5) is 4.39 Å². The molecule has 1 aliphatic rings. The monoisotopic (exact) mass is 368 g/mol. The first-order chi connectivity index (χ1) is 12.9. The molecule has 0 aliphatic carbocycles. The van der Waals surface area contributed by atoms with Crippen LogP contribution in [0.15, 0.2) is 42.5 Å². The SMILES string of the molecule is Cc1ccc(CC(=O)N2CCN(C(=O)Cc3ccccc3F)CC2)c(C)c1. The quantitative estimate of drug-likeness (QED) is 0.833. The van der Waals surface area contributed by atoms with Crippen LogP contribution in [-0.4, -0.2) is 47.8 Å². The van der Waals surface area contributed by atoms with E-state index in [9.17, 15) is 14.0 Å². The van der Waals surface area contributed by atoms with Gasteiger partial charge in [0.25, 0.3) is 0 Å². The van der Waals surface area contributed by atoms with Crippen molar-refractivity contribution in [3.8, 4) is 0 Å². The van der Waals surface area contributed by atoms with Crippen molar-refractivity contribution in [2.24, 2.45) is 0 Å². The minimum atomic E-state index is -0.354. The van der Waals surface area contributed by atoms with Crippen molar-refractivity contribution in [1.29, 1.82) is 0 Å². The second-order valence-corrected chi connectivity index (χ2v) is 7.14. The Morgan fingerprint density at radius 1 is 0.852 bits per heavy atom. The highest BCUT2D eigenvalue weighted by molar-refractivity contribution is 5.81. The number of hydrogen-bond donors (Lipinski definition) is 0. The molecule has 27 heavy (non-hydrogen) atoms. The molecule has 0 aromatic heterocycles. The van der Waals surface area contributed by atoms with Crippen LogP contribution in [0.1, 0.15) is 22.3 Å². The zero-order valence-electron chi connectivity index (χ0n) is 15.9. The first-order valence-electron chi connectivity index (χ1n) is 9.29. The lowest BCUT2D eigenvalue weighted by Crippen LogP contribution is -2.51. The normalized spacial score (nSPS) is 14.3. The molecule has 2 aromatic carbocycles. The average molecular weight is 368 g/mol. The van der Waals surface area contributed by atoms with E-state index in [0.29, 0.717) is 38.2 Å². The van der Waals surface area contributed by atoms with E-state index in [0.717, 1.165) is 11.1 Å². The van der Waals surface area contributed by atoms with Gasteiger partial charge in [-0.25, -0.2) is 4.39 Å². The first kappa shape index (κ1) is 19.1. The average Bonchev–Trinajstić information content (AvgIpc) is 2.66. The summed E-state index contributed by atoms with van der Waals surface area (Å²) in [5, 5.41) is 0. The Labute approximate surface area is 159 Å². The van der Waals surface area contributed by atoms with Gasteiger partial charge in [0, 0.05) is 26.2 Å². The van der Waals surface area contributed by atoms with Crippen LogP contribution in [0.3, 0.4) is 0 Å². The van der Waals surface area contributed by atoms with Crippen LogP contribution in [-0.2, 0) is 22.4 Å². The third kappa shape index (κ3) is 4.73. The van der Waals surface area contributed by atoms with Crippen LogP contribution in [0, 0.1) is 19.7 Å². The van der Waals surface area contributed by atoms with Gasteiger partial charge in [-0.05, 0) is 36.6 Å². The van der Waals surface area contributed by atoms with Crippen LogP contribution >= 0.6 is 0 Å². The van der Waals surface area contributed by atoms with Crippen LogP contribution in [0.2, 0.25) is 0 Å². The largest absolute Gasteiger partial charge is 0.339 e. The smallest absolute Gasteiger partial charge is 0.227 e. The van der Waals surface area contributed by atoms with Gasteiger partial charge >= 0.3 is 0 Å². The Bertz CT molecular complexity index is 842. The van der Waals surface area contributed by atoms with Crippen molar-refractivity contribution in [2.45, 2.75) is 26.7 Å². The van der Waals surface area contributed by atoms with E-state index in [1.54, 1.807) is 23.1 Å². The Morgan fingerprint density at radius 3 is 1.96 bits per heavy atom.